The number of fused-ring (bicyclic) bond motifs is 3. The minimum absolute atomic E-state index is 0.0608. The number of allylic oxidation sites excluding steroid dienone is 1. The van der Waals surface area contributed by atoms with Gasteiger partial charge in [-0.1, -0.05) is 38.8 Å². The summed E-state index contributed by atoms with van der Waals surface area (Å²) in [5.41, 5.74) is 1.98. The van der Waals surface area contributed by atoms with Crippen LogP contribution >= 0.6 is 0 Å². The molecule has 4 aliphatic rings. The van der Waals surface area contributed by atoms with Crippen LogP contribution in [0.1, 0.15) is 78.1 Å². The van der Waals surface area contributed by atoms with Gasteiger partial charge < -0.3 is 19.7 Å². The number of hydrogen-bond donors (Lipinski definition) is 1. The fourth-order valence-electron chi connectivity index (χ4n) is 7.75. The molecule has 0 radical (unpaired) electrons. The molecule has 0 aromatic carbocycles. The summed E-state index contributed by atoms with van der Waals surface area (Å²) in [6, 6.07) is 0. The lowest BCUT2D eigenvalue weighted by Gasteiger charge is -2.63. The lowest BCUT2D eigenvalue weighted by Crippen LogP contribution is -2.62. The van der Waals surface area contributed by atoms with E-state index in [-0.39, 0.29) is 11.7 Å². The highest BCUT2D eigenvalue weighted by atomic mass is 16.7. The molecule has 4 fully saturated rings. The molecule has 31 heavy (non-hydrogen) atoms. The van der Waals surface area contributed by atoms with Gasteiger partial charge in [0.2, 0.25) is 0 Å². The van der Waals surface area contributed by atoms with Crippen LogP contribution in [-0.4, -0.2) is 57.6 Å². The lowest BCUT2D eigenvalue weighted by atomic mass is 9.46. The van der Waals surface area contributed by atoms with Gasteiger partial charge in [0.15, 0.2) is 6.29 Å². The molecular formula is C27H48N2O2. The fraction of sp³-hybridized carbons (Fsp3) is 0.926. The van der Waals surface area contributed by atoms with Crippen LogP contribution in [0.15, 0.2) is 12.2 Å². The maximum Gasteiger partial charge on any atom is 0.160 e. The van der Waals surface area contributed by atoms with Crippen molar-refractivity contribution in [2.45, 2.75) is 90.4 Å². The first-order valence-electron chi connectivity index (χ1n) is 13.1. The Morgan fingerprint density at radius 2 is 1.84 bits per heavy atom. The van der Waals surface area contributed by atoms with Crippen molar-refractivity contribution in [1.29, 1.82) is 0 Å². The highest BCUT2D eigenvalue weighted by Gasteiger charge is 2.60. The van der Waals surface area contributed by atoms with E-state index in [0.29, 0.717) is 29.3 Å². The maximum absolute atomic E-state index is 6.72. The minimum Gasteiger partial charge on any atom is -0.352 e. The summed E-state index contributed by atoms with van der Waals surface area (Å²) in [6.45, 7) is 13.9. The van der Waals surface area contributed by atoms with Crippen LogP contribution in [0.3, 0.4) is 0 Å². The molecule has 3 saturated carbocycles. The van der Waals surface area contributed by atoms with Crippen molar-refractivity contribution in [2.24, 2.45) is 28.6 Å². The van der Waals surface area contributed by atoms with Crippen LogP contribution in [-0.2, 0) is 9.47 Å². The zero-order valence-electron chi connectivity index (χ0n) is 20.8. The second-order valence-electron chi connectivity index (χ2n) is 11.9. The standard InChI is InChI=1S/C27H48N2O2/c1-20-11-12-23-26(2,22(20)14-17-28-16-8-18-29(4)5)15-13-24-27(23,3)19-30-25(31-24)21-9-6-7-10-21/h21-25,28H,1,6-19H2,2-5H3/t22-,23?,24-,25-,26+,27+/m1/s1. The van der Waals surface area contributed by atoms with E-state index < -0.39 is 0 Å². The molecule has 4 rings (SSSR count). The number of ether oxygens (including phenoxy) is 2. The molecule has 3 aliphatic carbocycles. The van der Waals surface area contributed by atoms with Gasteiger partial charge in [0.1, 0.15) is 0 Å². The van der Waals surface area contributed by atoms with Gasteiger partial charge in [-0.05, 0) is 102 Å². The number of nitrogens with zero attached hydrogens (tertiary/aromatic N) is 1. The average Bonchev–Trinajstić information content (AvgIpc) is 3.26. The predicted molar refractivity (Wildman–Crippen MR) is 128 cm³/mol. The smallest absolute Gasteiger partial charge is 0.160 e. The van der Waals surface area contributed by atoms with E-state index in [1.165, 1.54) is 69.8 Å². The monoisotopic (exact) mass is 432 g/mol. The Morgan fingerprint density at radius 1 is 1.06 bits per heavy atom. The Hall–Kier alpha value is -0.420. The molecule has 4 nitrogen and oxygen atoms in total. The molecule has 1 N–H and O–H groups in total. The summed E-state index contributed by atoms with van der Waals surface area (Å²) in [4.78, 5) is 2.26. The van der Waals surface area contributed by atoms with Gasteiger partial charge in [-0.2, -0.15) is 0 Å². The van der Waals surface area contributed by atoms with E-state index in [1.807, 2.05) is 0 Å². The largest absolute Gasteiger partial charge is 0.352 e. The van der Waals surface area contributed by atoms with E-state index in [1.54, 1.807) is 0 Å². The van der Waals surface area contributed by atoms with Gasteiger partial charge in [-0.15, -0.1) is 0 Å². The number of rotatable bonds is 8. The lowest BCUT2D eigenvalue weighted by molar-refractivity contribution is -0.316. The van der Waals surface area contributed by atoms with Crippen molar-refractivity contribution >= 4 is 0 Å². The topological polar surface area (TPSA) is 33.7 Å². The van der Waals surface area contributed by atoms with Crippen molar-refractivity contribution in [3.8, 4) is 0 Å². The van der Waals surface area contributed by atoms with E-state index in [0.717, 1.165) is 26.2 Å². The molecule has 6 atom stereocenters. The third-order valence-electron chi connectivity index (χ3n) is 9.53. The van der Waals surface area contributed by atoms with Crippen LogP contribution in [0.2, 0.25) is 0 Å². The van der Waals surface area contributed by atoms with Gasteiger partial charge in [0.25, 0.3) is 0 Å². The molecule has 1 heterocycles. The zero-order valence-corrected chi connectivity index (χ0v) is 20.8. The second-order valence-corrected chi connectivity index (χ2v) is 11.9. The van der Waals surface area contributed by atoms with Crippen molar-refractivity contribution in [1.82, 2.24) is 10.2 Å². The molecule has 1 unspecified atom stereocenters. The van der Waals surface area contributed by atoms with Crippen molar-refractivity contribution in [3.05, 3.63) is 12.2 Å². The minimum atomic E-state index is 0.0608. The summed E-state index contributed by atoms with van der Waals surface area (Å²) in [5, 5.41) is 3.71. The summed E-state index contributed by atoms with van der Waals surface area (Å²) < 4.78 is 13.2. The van der Waals surface area contributed by atoms with Crippen LogP contribution < -0.4 is 5.32 Å². The Balaban J connectivity index is 1.38. The quantitative estimate of drug-likeness (QED) is 0.420. The Morgan fingerprint density at radius 3 is 2.58 bits per heavy atom. The van der Waals surface area contributed by atoms with Crippen molar-refractivity contribution in [3.63, 3.8) is 0 Å². The molecular weight excluding hydrogens is 384 g/mol. The first kappa shape index (κ1) is 23.7. The predicted octanol–water partition coefficient (Wildman–Crippen LogP) is 5.24. The van der Waals surface area contributed by atoms with Crippen molar-refractivity contribution in [2.75, 3.05) is 40.3 Å². The molecule has 0 aromatic rings. The fourth-order valence-corrected chi connectivity index (χ4v) is 7.75. The first-order valence-corrected chi connectivity index (χ1v) is 13.1. The SMILES string of the molecule is C=C1CCC2[C@]3(C)CO[C@@H](C4CCCC4)O[C@@H]3CC[C@@]2(C)[C@@H]1CCNCCCN(C)C. The van der Waals surface area contributed by atoms with E-state index in [2.05, 4.69) is 44.7 Å². The summed E-state index contributed by atoms with van der Waals surface area (Å²) >= 11 is 0. The second kappa shape index (κ2) is 9.83. The van der Waals surface area contributed by atoms with Crippen LogP contribution in [0.4, 0.5) is 0 Å². The molecule has 4 heteroatoms. The number of hydrogen-bond acceptors (Lipinski definition) is 4. The van der Waals surface area contributed by atoms with Crippen LogP contribution in [0.25, 0.3) is 0 Å². The maximum atomic E-state index is 6.72. The van der Waals surface area contributed by atoms with E-state index in [4.69, 9.17) is 9.47 Å². The molecule has 178 valence electrons. The van der Waals surface area contributed by atoms with E-state index >= 15 is 0 Å². The highest BCUT2D eigenvalue weighted by Crippen LogP contribution is 2.63. The van der Waals surface area contributed by atoms with Gasteiger partial charge in [-0.3, -0.25) is 0 Å². The highest BCUT2D eigenvalue weighted by molar-refractivity contribution is 5.18. The molecule has 1 aliphatic heterocycles. The summed E-state index contributed by atoms with van der Waals surface area (Å²) in [7, 11) is 4.30. The zero-order chi connectivity index (χ0) is 22.1. The Labute approximate surface area is 191 Å². The summed E-state index contributed by atoms with van der Waals surface area (Å²) in [5.74, 6) is 1.93. The van der Waals surface area contributed by atoms with E-state index in [9.17, 15) is 0 Å². The molecule has 0 aromatic heterocycles. The molecule has 0 spiro atoms. The average molecular weight is 433 g/mol. The third-order valence-corrected chi connectivity index (χ3v) is 9.53. The Kier molecular flexibility index (Phi) is 7.52. The first-order chi connectivity index (χ1) is 14.8. The van der Waals surface area contributed by atoms with Gasteiger partial charge in [0, 0.05) is 11.3 Å². The van der Waals surface area contributed by atoms with Gasteiger partial charge in [-0.25, -0.2) is 0 Å². The molecule has 0 bridgehead atoms. The molecule has 0 amide bonds. The van der Waals surface area contributed by atoms with Gasteiger partial charge >= 0.3 is 0 Å². The molecule has 1 saturated heterocycles. The number of nitrogens with one attached hydrogen (secondary N) is 1. The normalized spacial score (nSPS) is 41.4. The van der Waals surface area contributed by atoms with Crippen LogP contribution in [0, 0.1) is 28.6 Å². The van der Waals surface area contributed by atoms with Crippen molar-refractivity contribution < 1.29 is 9.47 Å². The third kappa shape index (κ3) is 4.78. The van der Waals surface area contributed by atoms with Gasteiger partial charge in [0.05, 0.1) is 12.7 Å². The van der Waals surface area contributed by atoms with Crippen LogP contribution in [0.5, 0.6) is 0 Å². The Bertz CT molecular complexity index is 616. The summed E-state index contributed by atoms with van der Waals surface area (Å²) in [6.07, 6.45) is 13.1.